The average molecular weight is 401 g/mol. The number of aliphatic imine (C=N–C) groups is 1. The van der Waals surface area contributed by atoms with Gasteiger partial charge in [0.15, 0.2) is 15.0 Å². The SMILES string of the molecule is Cc1ccccc1N1C(=NC(=O)Cc2ccccc2)S[C@H]2CS(=O)(=O)C[C@H]21. The Kier molecular flexibility index (Phi) is 4.82. The van der Waals surface area contributed by atoms with Gasteiger partial charge >= 0.3 is 0 Å². The molecule has 0 bridgehead atoms. The number of nitrogens with zero attached hydrogens (tertiary/aromatic N) is 2. The quantitative estimate of drug-likeness (QED) is 0.793. The molecule has 0 unspecified atom stereocenters. The van der Waals surface area contributed by atoms with E-state index in [0.717, 1.165) is 16.8 Å². The van der Waals surface area contributed by atoms with Gasteiger partial charge < -0.3 is 4.90 Å². The Bertz CT molecular complexity index is 1000. The van der Waals surface area contributed by atoms with E-state index in [9.17, 15) is 13.2 Å². The number of hydrogen-bond donors (Lipinski definition) is 0. The van der Waals surface area contributed by atoms with E-state index in [0.29, 0.717) is 5.17 Å². The van der Waals surface area contributed by atoms with Crippen LogP contribution in [-0.2, 0) is 21.1 Å². The minimum absolute atomic E-state index is 0.0853. The molecule has 2 fully saturated rings. The maximum absolute atomic E-state index is 12.5. The van der Waals surface area contributed by atoms with Crippen LogP contribution in [0.2, 0.25) is 0 Å². The summed E-state index contributed by atoms with van der Waals surface area (Å²) >= 11 is 1.41. The predicted octanol–water partition coefficient (Wildman–Crippen LogP) is 2.84. The number of hydrogen-bond acceptors (Lipinski definition) is 4. The van der Waals surface area contributed by atoms with Crippen molar-refractivity contribution in [3.63, 3.8) is 0 Å². The lowest BCUT2D eigenvalue weighted by Gasteiger charge is -2.26. The smallest absolute Gasteiger partial charge is 0.252 e. The lowest BCUT2D eigenvalue weighted by molar-refractivity contribution is -0.117. The van der Waals surface area contributed by atoms with Crippen LogP contribution in [-0.4, -0.2) is 42.3 Å². The first kappa shape index (κ1) is 18.3. The second-order valence-corrected chi connectivity index (χ2v) is 10.3. The highest BCUT2D eigenvalue weighted by Crippen LogP contribution is 2.41. The van der Waals surface area contributed by atoms with Crippen molar-refractivity contribution >= 4 is 38.4 Å². The van der Waals surface area contributed by atoms with Crippen molar-refractivity contribution in [2.24, 2.45) is 4.99 Å². The van der Waals surface area contributed by atoms with E-state index in [1.54, 1.807) is 0 Å². The van der Waals surface area contributed by atoms with Crippen LogP contribution in [0.3, 0.4) is 0 Å². The molecular weight excluding hydrogens is 380 g/mol. The fourth-order valence-corrected chi connectivity index (χ4v) is 7.52. The molecule has 2 aromatic carbocycles. The van der Waals surface area contributed by atoms with Gasteiger partial charge in [-0.2, -0.15) is 4.99 Å². The van der Waals surface area contributed by atoms with Crippen LogP contribution in [0.5, 0.6) is 0 Å². The first-order valence-corrected chi connectivity index (χ1v) is 11.5. The highest BCUT2D eigenvalue weighted by atomic mass is 32.2. The van der Waals surface area contributed by atoms with Gasteiger partial charge in [-0.25, -0.2) is 8.42 Å². The van der Waals surface area contributed by atoms with Crippen LogP contribution in [0.4, 0.5) is 5.69 Å². The predicted molar refractivity (Wildman–Crippen MR) is 110 cm³/mol. The van der Waals surface area contributed by atoms with Gasteiger partial charge in [0.2, 0.25) is 0 Å². The third kappa shape index (κ3) is 3.80. The van der Waals surface area contributed by atoms with Gasteiger partial charge in [0.1, 0.15) is 0 Å². The molecule has 5 nitrogen and oxygen atoms in total. The molecule has 0 N–H and O–H groups in total. The van der Waals surface area contributed by atoms with Gasteiger partial charge in [-0.05, 0) is 24.1 Å². The van der Waals surface area contributed by atoms with E-state index >= 15 is 0 Å². The molecule has 2 atom stereocenters. The van der Waals surface area contributed by atoms with Crippen molar-refractivity contribution in [3.8, 4) is 0 Å². The molecule has 2 saturated heterocycles. The molecule has 27 heavy (non-hydrogen) atoms. The molecule has 4 rings (SSSR count). The number of amides is 1. The minimum atomic E-state index is -3.06. The summed E-state index contributed by atoms with van der Waals surface area (Å²) in [5.74, 6) is 0.0201. The molecule has 0 aliphatic carbocycles. The van der Waals surface area contributed by atoms with Crippen LogP contribution in [0.15, 0.2) is 59.6 Å². The lowest BCUT2D eigenvalue weighted by Crippen LogP contribution is -2.38. The minimum Gasteiger partial charge on any atom is -0.315 e. The van der Waals surface area contributed by atoms with Gasteiger partial charge in [0.25, 0.3) is 5.91 Å². The van der Waals surface area contributed by atoms with Crippen molar-refractivity contribution in [3.05, 3.63) is 65.7 Å². The zero-order chi connectivity index (χ0) is 19.0. The zero-order valence-electron chi connectivity index (χ0n) is 14.9. The fourth-order valence-electron chi connectivity index (χ4n) is 3.60. The Morgan fingerprint density at radius 3 is 2.56 bits per heavy atom. The Balaban J connectivity index is 1.67. The lowest BCUT2D eigenvalue weighted by atomic mass is 10.1. The Hall–Kier alpha value is -2.12. The Morgan fingerprint density at radius 2 is 1.81 bits per heavy atom. The number of aryl methyl sites for hydroxylation is 1. The number of amidine groups is 1. The van der Waals surface area contributed by atoms with Crippen molar-refractivity contribution in [2.75, 3.05) is 16.4 Å². The highest BCUT2D eigenvalue weighted by Gasteiger charge is 2.49. The molecule has 2 aliphatic rings. The number of rotatable bonds is 3. The third-order valence-corrected chi connectivity index (χ3v) is 8.07. The summed E-state index contributed by atoms with van der Waals surface area (Å²) in [4.78, 5) is 18.9. The fraction of sp³-hybridized carbons (Fsp3) is 0.300. The van der Waals surface area contributed by atoms with Crippen LogP contribution < -0.4 is 4.90 Å². The molecular formula is C20H20N2O3S2. The Morgan fingerprint density at radius 1 is 1.11 bits per heavy atom. The van der Waals surface area contributed by atoms with Crippen LogP contribution >= 0.6 is 11.8 Å². The average Bonchev–Trinajstić information content (AvgIpc) is 3.07. The van der Waals surface area contributed by atoms with Gasteiger partial charge in [-0.15, -0.1) is 0 Å². The molecule has 140 valence electrons. The molecule has 2 heterocycles. The van der Waals surface area contributed by atoms with E-state index < -0.39 is 9.84 Å². The van der Waals surface area contributed by atoms with Gasteiger partial charge in [0, 0.05) is 10.9 Å². The van der Waals surface area contributed by atoms with Crippen molar-refractivity contribution in [2.45, 2.75) is 24.6 Å². The largest absolute Gasteiger partial charge is 0.315 e. The molecule has 7 heteroatoms. The van der Waals surface area contributed by atoms with Gasteiger partial charge in [-0.1, -0.05) is 60.3 Å². The molecule has 1 amide bonds. The molecule has 0 spiro atoms. The number of fused-ring (bicyclic) bond motifs is 1. The standard InChI is InChI=1S/C20H20N2O3S2/c1-14-7-5-6-10-16(14)22-17-12-27(24,25)13-18(17)26-20(22)21-19(23)11-15-8-3-2-4-9-15/h2-10,17-18H,11-13H2,1H3/t17-,18+/m1/s1. The topological polar surface area (TPSA) is 66.8 Å². The van der Waals surface area contributed by atoms with E-state index in [-0.39, 0.29) is 35.1 Å². The van der Waals surface area contributed by atoms with Crippen LogP contribution in [0, 0.1) is 6.92 Å². The third-order valence-electron chi connectivity index (χ3n) is 4.86. The van der Waals surface area contributed by atoms with Crippen LogP contribution in [0.1, 0.15) is 11.1 Å². The van der Waals surface area contributed by atoms with E-state index in [1.165, 1.54) is 11.8 Å². The number of benzene rings is 2. The molecule has 0 saturated carbocycles. The van der Waals surface area contributed by atoms with Gasteiger partial charge in [-0.3, -0.25) is 4.79 Å². The number of thioether (sulfide) groups is 1. The van der Waals surface area contributed by atoms with Gasteiger partial charge in [0.05, 0.1) is 24.0 Å². The Labute approximate surface area is 163 Å². The number of para-hydroxylation sites is 1. The van der Waals surface area contributed by atoms with Crippen molar-refractivity contribution < 1.29 is 13.2 Å². The molecule has 0 aromatic heterocycles. The number of sulfone groups is 1. The number of carbonyl (C=O) groups is 1. The monoisotopic (exact) mass is 400 g/mol. The number of anilines is 1. The maximum atomic E-state index is 12.5. The normalized spacial score (nSPS) is 24.9. The van der Waals surface area contributed by atoms with Crippen molar-refractivity contribution in [1.29, 1.82) is 0 Å². The summed E-state index contributed by atoms with van der Waals surface area (Å²) in [6.07, 6.45) is 0.236. The van der Waals surface area contributed by atoms with Crippen molar-refractivity contribution in [1.82, 2.24) is 0 Å². The number of carbonyl (C=O) groups excluding carboxylic acids is 1. The summed E-state index contributed by atoms with van der Waals surface area (Å²) in [6.45, 7) is 1.99. The maximum Gasteiger partial charge on any atom is 0.252 e. The molecule has 2 aliphatic heterocycles. The first-order chi connectivity index (χ1) is 12.9. The zero-order valence-corrected chi connectivity index (χ0v) is 16.5. The van der Waals surface area contributed by atoms with Crippen LogP contribution in [0.25, 0.3) is 0 Å². The summed E-state index contributed by atoms with van der Waals surface area (Å²) in [7, 11) is -3.06. The molecule has 0 radical (unpaired) electrons. The summed E-state index contributed by atoms with van der Waals surface area (Å²) in [5.41, 5.74) is 2.87. The van der Waals surface area contributed by atoms with E-state index in [2.05, 4.69) is 4.99 Å². The first-order valence-electron chi connectivity index (χ1n) is 8.80. The summed E-state index contributed by atoms with van der Waals surface area (Å²) in [6, 6.07) is 17.2. The van der Waals surface area contributed by atoms with E-state index in [4.69, 9.17) is 0 Å². The summed E-state index contributed by atoms with van der Waals surface area (Å²) < 4.78 is 24.3. The molecule has 2 aromatic rings. The van der Waals surface area contributed by atoms with E-state index in [1.807, 2.05) is 66.4 Å². The highest BCUT2D eigenvalue weighted by molar-refractivity contribution is 8.16. The second-order valence-electron chi connectivity index (χ2n) is 6.91. The second kappa shape index (κ2) is 7.13. The summed E-state index contributed by atoms with van der Waals surface area (Å²) in [5, 5.41) is 0.521.